The number of rotatable bonds is 6. The number of benzene rings is 10. The molecule has 296 valence electrons. The zero-order valence-corrected chi connectivity index (χ0v) is 35.7. The van der Waals surface area contributed by atoms with E-state index >= 15 is 0 Å². The molecule has 0 aliphatic heterocycles. The van der Waals surface area contributed by atoms with Crippen LogP contribution in [-0.2, 0) is 0 Å². The van der Waals surface area contributed by atoms with Crippen LogP contribution in [0.1, 0.15) is 0 Å². The maximum Gasteiger partial charge on any atom is 0.0758 e. The van der Waals surface area contributed by atoms with Crippen molar-refractivity contribution in [3.63, 3.8) is 0 Å². The average Bonchev–Trinajstić information content (AvgIpc) is 3.74. The van der Waals surface area contributed by atoms with Crippen molar-refractivity contribution >= 4 is 113 Å². The third kappa shape index (κ3) is 5.78. The van der Waals surface area contributed by atoms with E-state index in [1.807, 2.05) is 22.7 Å². The SMILES string of the molecule is c1ccc(N(c2ccc(-c3ccc4sc5ccccc5c4c3)cc2)c2ccc3c(c2)c2cccc4ccc5c(sc6c(cccc6n5-c5ccccc5)n3-c3ccccc3)c42)cc1. The summed E-state index contributed by atoms with van der Waals surface area (Å²) in [6, 6.07) is 82.4. The molecule has 0 amide bonds. The van der Waals surface area contributed by atoms with Crippen LogP contribution >= 0.6 is 22.7 Å². The Hall–Kier alpha value is -7.70. The van der Waals surface area contributed by atoms with Gasteiger partial charge in [0.1, 0.15) is 0 Å². The molecule has 0 unspecified atom stereocenters. The number of anilines is 3. The summed E-state index contributed by atoms with van der Waals surface area (Å²) in [7, 11) is 0. The Morgan fingerprint density at radius 2 is 0.889 bits per heavy atom. The molecule has 0 saturated carbocycles. The van der Waals surface area contributed by atoms with Crippen LogP contribution in [0.3, 0.4) is 0 Å². The van der Waals surface area contributed by atoms with E-state index < -0.39 is 0 Å². The Morgan fingerprint density at radius 3 is 1.65 bits per heavy atom. The van der Waals surface area contributed by atoms with Gasteiger partial charge in [0.2, 0.25) is 0 Å². The van der Waals surface area contributed by atoms with Gasteiger partial charge < -0.3 is 14.0 Å². The fourth-order valence-electron chi connectivity index (χ4n) is 9.69. The van der Waals surface area contributed by atoms with Crippen molar-refractivity contribution < 1.29 is 0 Å². The van der Waals surface area contributed by atoms with Crippen LogP contribution in [0.25, 0.3) is 95.7 Å². The van der Waals surface area contributed by atoms with E-state index in [0.29, 0.717) is 0 Å². The van der Waals surface area contributed by atoms with Gasteiger partial charge in [-0.25, -0.2) is 0 Å². The van der Waals surface area contributed by atoms with Gasteiger partial charge in [-0.15, -0.1) is 22.7 Å². The summed E-state index contributed by atoms with van der Waals surface area (Å²) in [6.07, 6.45) is 0. The average molecular weight is 840 g/mol. The van der Waals surface area contributed by atoms with E-state index in [-0.39, 0.29) is 0 Å². The number of aromatic nitrogens is 2. The highest BCUT2D eigenvalue weighted by Crippen LogP contribution is 2.45. The number of para-hydroxylation sites is 3. The summed E-state index contributed by atoms with van der Waals surface area (Å²) in [6.45, 7) is 0. The summed E-state index contributed by atoms with van der Waals surface area (Å²) in [5, 5.41) is 7.49. The van der Waals surface area contributed by atoms with Crippen LogP contribution in [0.15, 0.2) is 224 Å². The van der Waals surface area contributed by atoms with Crippen molar-refractivity contribution in [3.05, 3.63) is 224 Å². The summed E-state index contributed by atoms with van der Waals surface area (Å²) in [5.41, 5.74) is 12.6. The largest absolute Gasteiger partial charge is 0.310 e. The highest BCUT2D eigenvalue weighted by molar-refractivity contribution is 7.26. The molecule has 63 heavy (non-hydrogen) atoms. The van der Waals surface area contributed by atoms with E-state index in [0.717, 1.165) is 39.5 Å². The monoisotopic (exact) mass is 839 g/mol. The third-order valence-corrected chi connectivity index (χ3v) is 14.9. The van der Waals surface area contributed by atoms with Crippen LogP contribution in [0.4, 0.5) is 17.1 Å². The number of nitrogens with zero attached hydrogens (tertiary/aromatic N) is 3. The maximum atomic E-state index is 2.47. The van der Waals surface area contributed by atoms with Crippen molar-refractivity contribution in [3.8, 4) is 22.5 Å². The zero-order chi connectivity index (χ0) is 41.4. The number of fused-ring (bicyclic) bond motifs is 5. The minimum absolute atomic E-state index is 1.09. The first-order valence-corrected chi connectivity index (χ1v) is 23.0. The molecule has 0 fully saturated rings. The molecule has 13 aromatic rings. The molecule has 5 heteroatoms. The molecule has 0 aliphatic carbocycles. The van der Waals surface area contributed by atoms with Gasteiger partial charge >= 0.3 is 0 Å². The molecule has 0 spiro atoms. The Labute approximate surface area is 371 Å². The summed E-state index contributed by atoms with van der Waals surface area (Å²) >= 11 is 3.76. The highest BCUT2D eigenvalue weighted by Gasteiger charge is 2.20. The van der Waals surface area contributed by atoms with E-state index in [9.17, 15) is 0 Å². The van der Waals surface area contributed by atoms with E-state index in [1.165, 1.54) is 73.3 Å². The smallest absolute Gasteiger partial charge is 0.0758 e. The van der Waals surface area contributed by atoms with Gasteiger partial charge in [-0.2, -0.15) is 0 Å². The van der Waals surface area contributed by atoms with Crippen LogP contribution in [0.5, 0.6) is 0 Å². The zero-order valence-electron chi connectivity index (χ0n) is 34.0. The molecule has 6 bridgehead atoms. The molecule has 13 rings (SSSR count). The Balaban J connectivity index is 1.09. The maximum absolute atomic E-state index is 2.47. The quantitative estimate of drug-likeness (QED) is 0.120. The first-order valence-electron chi connectivity index (χ1n) is 21.3. The van der Waals surface area contributed by atoms with Crippen molar-refractivity contribution in [1.82, 2.24) is 9.13 Å². The molecule has 0 saturated heterocycles. The molecule has 3 nitrogen and oxygen atoms in total. The van der Waals surface area contributed by atoms with Gasteiger partial charge in [0.15, 0.2) is 0 Å². The van der Waals surface area contributed by atoms with E-state index in [2.05, 4.69) is 238 Å². The second-order valence-electron chi connectivity index (χ2n) is 16.1. The fourth-order valence-corrected chi connectivity index (χ4v) is 12.1. The predicted octanol–water partition coefficient (Wildman–Crippen LogP) is 17.2. The lowest BCUT2D eigenvalue weighted by Crippen LogP contribution is -2.10. The Bertz CT molecular complexity index is 3890. The fraction of sp³-hybridized carbons (Fsp3) is 0. The number of hydrogen-bond acceptors (Lipinski definition) is 3. The van der Waals surface area contributed by atoms with Gasteiger partial charge in [0.25, 0.3) is 0 Å². The summed E-state index contributed by atoms with van der Waals surface area (Å²) in [5.74, 6) is 0. The first-order chi connectivity index (χ1) is 31.2. The first kappa shape index (κ1) is 36.0. The van der Waals surface area contributed by atoms with Crippen LogP contribution in [0.2, 0.25) is 0 Å². The lowest BCUT2D eigenvalue weighted by molar-refractivity contribution is 1.16. The van der Waals surface area contributed by atoms with Crippen molar-refractivity contribution in [1.29, 1.82) is 0 Å². The molecule has 0 N–H and O–H groups in total. The van der Waals surface area contributed by atoms with Gasteiger partial charge in [-0.1, -0.05) is 121 Å². The second kappa shape index (κ2) is 14.5. The van der Waals surface area contributed by atoms with Crippen molar-refractivity contribution in [2.75, 3.05) is 4.90 Å². The highest BCUT2D eigenvalue weighted by atomic mass is 32.1. The molecule has 0 radical (unpaired) electrons. The molecule has 3 aromatic heterocycles. The summed E-state index contributed by atoms with van der Waals surface area (Å²) < 4.78 is 10.1. The van der Waals surface area contributed by atoms with Gasteiger partial charge in [0.05, 0.1) is 31.5 Å². The van der Waals surface area contributed by atoms with Crippen LogP contribution in [-0.4, -0.2) is 9.13 Å². The number of thiophene rings is 1. The van der Waals surface area contributed by atoms with E-state index in [1.54, 1.807) is 0 Å². The number of hydrogen-bond donors (Lipinski definition) is 0. The van der Waals surface area contributed by atoms with Crippen molar-refractivity contribution in [2.24, 2.45) is 0 Å². The molecule has 0 aliphatic rings. The Morgan fingerprint density at radius 1 is 0.317 bits per heavy atom. The van der Waals surface area contributed by atoms with Gasteiger partial charge in [-0.3, -0.25) is 0 Å². The van der Waals surface area contributed by atoms with Crippen molar-refractivity contribution in [2.45, 2.75) is 0 Å². The van der Waals surface area contributed by atoms with Gasteiger partial charge in [0, 0.05) is 59.4 Å². The third-order valence-electron chi connectivity index (χ3n) is 12.5. The lowest BCUT2D eigenvalue weighted by Gasteiger charge is -2.26. The second-order valence-corrected chi connectivity index (χ2v) is 18.2. The molecule has 10 aromatic carbocycles. The normalized spacial score (nSPS) is 11.8. The Kier molecular flexibility index (Phi) is 8.26. The van der Waals surface area contributed by atoms with Crippen LogP contribution in [0, 0.1) is 0 Å². The molecule has 3 heterocycles. The minimum Gasteiger partial charge on any atom is -0.310 e. The topological polar surface area (TPSA) is 13.1 Å². The minimum atomic E-state index is 1.09. The summed E-state index contributed by atoms with van der Waals surface area (Å²) in [4.78, 5) is 2.40. The molecule has 0 atom stereocenters. The van der Waals surface area contributed by atoms with Gasteiger partial charge in [-0.05, 0) is 125 Å². The molecular formula is C58H37N3S2. The standard InChI is InChI=1S/C58H37N3S2/c1-4-15-41(16-5-1)59(44-30-26-38(27-31-44)40-29-35-55-49(36-40)46-21-10-11-25-54(46)62-55)45-32-34-50-48(37-45)47-22-12-14-39-28-33-53-58(56(39)47)63-57-51(60(50)42-17-6-2-7-18-42)23-13-24-52(57)61(53)43-19-8-3-9-20-43/h1-37H. The van der Waals surface area contributed by atoms with E-state index in [4.69, 9.17) is 0 Å². The van der Waals surface area contributed by atoms with Crippen LogP contribution < -0.4 is 4.90 Å². The predicted molar refractivity (Wildman–Crippen MR) is 272 cm³/mol. The lowest BCUT2D eigenvalue weighted by atomic mass is 10.0. The molecular weight excluding hydrogens is 803 g/mol.